The van der Waals surface area contributed by atoms with E-state index < -0.39 is 5.82 Å². The van der Waals surface area contributed by atoms with Crippen LogP contribution in [0.3, 0.4) is 0 Å². The first-order chi connectivity index (χ1) is 14.1. The van der Waals surface area contributed by atoms with Crippen LogP contribution in [-0.4, -0.2) is 54.2 Å². The van der Waals surface area contributed by atoms with Crippen LogP contribution in [0, 0.1) is 11.7 Å². The quantitative estimate of drug-likeness (QED) is 0.766. The first kappa shape index (κ1) is 19.8. The maximum atomic E-state index is 13.7. The van der Waals surface area contributed by atoms with Crippen molar-refractivity contribution in [2.45, 2.75) is 32.3 Å². The van der Waals surface area contributed by atoms with Crippen molar-refractivity contribution < 1.29 is 14.0 Å². The standard InChI is InChI=1S/C21H27FN4O3/c1-15-5-3-8-19(15)29-20-18(24-9-11-25(28-2)12-10-24)14-23-26(21(20)27)17-7-4-6-16(22)13-17/h4,6-7,13-15,19H,3,5,8-12H2,1-2H3/t15-,19?/m1/s1. The molecule has 0 bridgehead atoms. The summed E-state index contributed by atoms with van der Waals surface area (Å²) in [6, 6.07) is 5.87. The Morgan fingerprint density at radius 3 is 2.62 bits per heavy atom. The Kier molecular flexibility index (Phi) is 5.82. The van der Waals surface area contributed by atoms with E-state index in [4.69, 9.17) is 9.57 Å². The molecule has 1 aromatic carbocycles. The van der Waals surface area contributed by atoms with Gasteiger partial charge in [0.05, 0.1) is 19.0 Å². The molecule has 1 aliphatic heterocycles. The summed E-state index contributed by atoms with van der Waals surface area (Å²) in [6.07, 6.45) is 4.78. The second kappa shape index (κ2) is 8.51. The molecule has 1 aliphatic carbocycles. The van der Waals surface area contributed by atoms with Gasteiger partial charge < -0.3 is 14.5 Å². The van der Waals surface area contributed by atoms with Gasteiger partial charge in [0.15, 0.2) is 0 Å². The molecule has 2 aromatic rings. The van der Waals surface area contributed by atoms with E-state index in [9.17, 15) is 9.18 Å². The predicted octanol–water partition coefficient (Wildman–Crippen LogP) is 2.62. The number of anilines is 1. The monoisotopic (exact) mass is 402 g/mol. The van der Waals surface area contributed by atoms with Gasteiger partial charge in [-0.15, -0.1) is 0 Å². The Labute approximate surface area is 169 Å². The molecule has 1 saturated heterocycles. The Hall–Kier alpha value is -2.45. The highest BCUT2D eigenvalue weighted by Crippen LogP contribution is 2.32. The van der Waals surface area contributed by atoms with Gasteiger partial charge in [0.1, 0.15) is 17.6 Å². The second-order valence-corrected chi connectivity index (χ2v) is 7.72. The SMILES string of the molecule is CON1CCN(c2cnn(-c3cccc(F)c3)c(=O)c2OC2CCC[C@H]2C)CC1. The molecule has 1 saturated carbocycles. The van der Waals surface area contributed by atoms with E-state index >= 15 is 0 Å². The number of ether oxygens (including phenoxy) is 1. The summed E-state index contributed by atoms with van der Waals surface area (Å²) in [5, 5.41) is 6.22. The minimum Gasteiger partial charge on any atom is -0.483 e. The van der Waals surface area contributed by atoms with Gasteiger partial charge in [-0.1, -0.05) is 13.0 Å². The van der Waals surface area contributed by atoms with E-state index in [1.807, 2.05) is 5.06 Å². The topological polar surface area (TPSA) is 59.8 Å². The third-order valence-corrected chi connectivity index (χ3v) is 5.86. The average Bonchev–Trinajstić information content (AvgIpc) is 3.14. The van der Waals surface area contributed by atoms with Crippen molar-refractivity contribution in [3.63, 3.8) is 0 Å². The first-order valence-corrected chi connectivity index (χ1v) is 10.2. The van der Waals surface area contributed by atoms with Gasteiger partial charge in [0.25, 0.3) is 0 Å². The smallest absolute Gasteiger partial charge is 0.316 e. The highest BCUT2D eigenvalue weighted by molar-refractivity contribution is 5.57. The molecule has 2 aliphatic rings. The molecule has 29 heavy (non-hydrogen) atoms. The van der Waals surface area contributed by atoms with Crippen LogP contribution in [-0.2, 0) is 4.84 Å². The summed E-state index contributed by atoms with van der Waals surface area (Å²) < 4.78 is 21.2. The molecular formula is C21H27FN4O3. The number of hydroxylamine groups is 2. The van der Waals surface area contributed by atoms with Crippen LogP contribution in [0.5, 0.6) is 5.75 Å². The molecule has 2 heterocycles. The Morgan fingerprint density at radius 1 is 1.17 bits per heavy atom. The van der Waals surface area contributed by atoms with E-state index in [2.05, 4.69) is 16.9 Å². The number of rotatable bonds is 5. The number of nitrogens with zero attached hydrogens (tertiary/aromatic N) is 4. The molecule has 4 rings (SSSR count). The second-order valence-electron chi connectivity index (χ2n) is 7.72. The van der Waals surface area contributed by atoms with E-state index in [1.165, 1.54) is 16.8 Å². The van der Waals surface area contributed by atoms with E-state index in [-0.39, 0.29) is 11.7 Å². The molecule has 1 unspecified atom stereocenters. The van der Waals surface area contributed by atoms with Gasteiger partial charge in [-0.3, -0.25) is 4.79 Å². The molecule has 0 radical (unpaired) electrons. The number of hydrogen-bond donors (Lipinski definition) is 0. The van der Waals surface area contributed by atoms with E-state index in [0.717, 1.165) is 32.4 Å². The zero-order valence-electron chi connectivity index (χ0n) is 16.9. The van der Waals surface area contributed by atoms with Gasteiger partial charge in [0.2, 0.25) is 5.75 Å². The number of benzene rings is 1. The lowest BCUT2D eigenvalue weighted by Gasteiger charge is -2.35. The minimum absolute atomic E-state index is 0.00470. The fraction of sp³-hybridized carbons (Fsp3) is 0.524. The zero-order chi connectivity index (χ0) is 20.4. The number of halogens is 1. The van der Waals surface area contributed by atoms with Crippen LogP contribution in [0.25, 0.3) is 5.69 Å². The number of aromatic nitrogens is 2. The number of hydrogen-bond acceptors (Lipinski definition) is 6. The number of piperazine rings is 1. The molecule has 0 amide bonds. The summed E-state index contributed by atoms with van der Waals surface area (Å²) in [4.78, 5) is 20.8. The molecule has 156 valence electrons. The minimum atomic E-state index is -0.414. The molecule has 2 fully saturated rings. The Morgan fingerprint density at radius 2 is 1.97 bits per heavy atom. The summed E-state index contributed by atoms with van der Waals surface area (Å²) in [6.45, 7) is 5.01. The van der Waals surface area contributed by atoms with Crippen molar-refractivity contribution in [3.05, 3.63) is 46.6 Å². The summed E-state index contributed by atoms with van der Waals surface area (Å²) in [5.41, 5.74) is 0.717. The third kappa shape index (κ3) is 4.13. The predicted molar refractivity (Wildman–Crippen MR) is 108 cm³/mol. The Balaban J connectivity index is 1.72. The van der Waals surface area contributed by atoms with Crippen LogP contribution in [0.4, 0.5) is 10.1 Å². The fourth-order valence-electron chi connectivity index (χ4n) is 4.11. The van der Waals surface area contributed by atoms with Gasteiger partial charge in [0, 0.05) is 26.2 Å². The average molecular weight is 402 g/mol. The lowest BCUT2D eigenvalue weighted by Crippen LogP contribution is -2.46. The van der Waals surface area contributed by atoms with E-state index in [0.29, 0.717) is 36.1 Å². The van der Waals surface area contributed by atoms with Gasteiger partial charge in [-0.2, -0.15) is 14.8 Å². The van der Waals surface area contributed by atoms with Crippen molar-refractivity contribution in [1.29, 1.82) is 0 Å². The first-order valence-electron chi connectivity index (χ1n) is 10.2. The summed E-state index contributed by atoms with van der Waals surface area (Å²) in [5.74, 6) is 0.278. The van der Waals surface area contributed by atoms with Crippen molar-refractivity contribution >= 4 is 5.69 Å². The lowest BCUT2D eigenvalue weighted by atomic mass is 10.1. The van der Waals surface area contributed by atoms with Crippen LogP contribution in [0.2, 0.25) is 0 Å². The van der Waals surface area contributed by atoms with Gasteiger partial charge in [-0.05, 0) is 43.4 Å². The molecule has 7 nitrogen and oxygen atoms in total. The summed E-state index contributed by atoms with van der Waals surface area (Å²) >= 11 is 0. The van der Waals surface area contributed by atoms with Crippen LogP contribution >= 0.6 is 0 Å². The molecule has 2 atom stereocenters. The molecule has 0 spiro atoms. The summed E-state index contributed by atoms with van der Waals surface area (Å²) in [7, 11) is 1.66. The van der Waals surface area contributed by atoms with Crippen LogP contribution in [0.1, 0.15) is 26.2 Å². The molecule has 0 N–H and O–H groups in total. The maximum Gasteiger partial charge on any atom is 0.316 e. The van der Waals surface area contributed by atoms with Crippen molar-refractivity contribution in [1.82, 2.24) is 14.8 Å². The Bertz CT molecular complexity index is 911. The highest BCUT2D eigenvalue weighted by Gasteiger charge is 2.30. The van der Waals surface area contributed by atoms with Crippen LogP contribution < -0.4 is 15.2 Å². The normalized spacial score (nSPS) is 22.8. The third-order valence-electron chi connectivity index (χ3n) is 5.86. The lowest BCUT2D eigenvalue weighted by molar-refractivity contribution is -0.133. The fourth-order valence-corrected chi connectivity index (χ4v) is 4.11. The van der Waals surface area contributed by atoms with Gasteiger partial charge in [-0.25, -0.2) is 4.39 Å². The largest absolute Gasteiger partial charge is 0.483 e. The van der Waals surface area contributed by atoms with Gasteiger partial charge >= 0.3 is 5.56 Å². The van der Waals surface area contributed by atoms with Crippen molar-refractivity contribution in [2.24, 2.45) is 5.92 Å². The molecule has 1 aromatic heterocycles. The highest BCUT2D eigenvalue weighted by atomic mass is 19.1. The molecular weight excluding hydrogens is 375 g/mol. The van der Waals surface area contributed by atoms with Crippen molar-refractivity contribution in [2.75, 3.05) is 38.2 Å². The maximum absolute atomic E-state index is 13.7. The van der Waals surface area contributed by atoms with Crippen LogP contribution in [0.15, 0.2) is 35.3 Å². The van der Waals surface area contributed by atoms with Crippen molar-refractivity contribution in [3.8, 4) is 11.4 Å². The zero-order valence-corrected chi connectivity index (χ0v) is 16.9. The van der Waals surface area contributed by atoms with E-state index in [1.54, 1.807) is 25.4 Å². The molecule has 8 heteroatoms.